The number of pyridine rings is 1. The first-order valence-corrected chi connectivity index (χ1v) is 11.1. The number of benzene rings is 2. The summed E-state index contributed by atoms with van der Waals surface area (Å²) in [4.78, 5) is 31.7. The quantitative estimate of drug-likeness (QED) is 0.329. The van der Waals surface area contributed by atoms with Gasteiger partial charge in [-0.1, -0.05) is 69.3 Å². The second-order valence-corrected chi connectivity index (χ2v) is 9.05. The number of thiocarbonyl (C=S) groups is 1. The molecular formula is C26H28N4O2S. The Bertz CT molecular complexity index is 1180. The lowest BCUT2D eigenvalue weighted by Gasteiger charge is -2.32. The van der Waals surface area contributed by atoms with Gasteiger partial charge in [0.2, 0.25) is 11.8 Å². The molecule has 2 aromatic carbocycles. The minimum atomic E-state index is -0.687. The standard InChI is InChI=1S/C26H28N4O2S/c1-18(28-22(31)16-15-19-10-6-5-7-11-19)29-25(33)30(24(32)26(2,3)4)21-14-8-12-20-13-9-17-27-23(20)21/h5-18H,1-4H3,(H,28,31)(H,29,33)/b16-15+. The van der Waals surface area contributed by atoms with Crippen LogP contribution in [-0.4, -0.2) is 28.1 Å². The summed E-state index contributed by atoms with van der Waals surface area (Å²) < 4.78 is 0. The van der Waals surface area contributed by atoms with E-state index in [0.29, 0.717) is 11.2 Å². The first kappa shape index (κ1) is 24.1. The number of aromatic nitrogens is 1. The molecule has 33 heavy (non-hydrogen) atoms. The van der Waals surface area contributed by atoms with Crippen LogP contribution in [0.5, 0.6) is 0 Å². The monoisotopic (exact) mass is 460 g/mol. The fourth-order valence-electron chi connectivity index (χ4n) is 3.20. The van der Waals surface area contributed by atoms with E-state index >= 15 is 0 Å². The molecule has 0 aliphatic rings. The Morgan fingerprint density at radius 2 is 1.70 bits per heavy atom. The first-order valence-electron chi connectivity index (χ1n) is 10.7. The molecule has 0 saturated heterocycles. The number of anilines is 1. The molecule has 1 unspecified atom stereocenters. The van der Waals surface area contributed by atoms with Crippen molar-refractivity contribution < 1.29 is 9.59 Å². The summed E-state index contributed by atoms with van der Waals surface area (Å²) >= 11 is 5.63. The van der Waals surface area contributed by atoms with Crippen LogP contribution in [0, 0.1) is 5.41 Å². The van der Waals surface area contributed by atoms with Gasteiger partial charge in [-0.15, -0.1) is 0 Å². The molecule has 3 aromatic rings. The van der Waals surface area contributed by atoms with Crippen molar-refractivity contribution >= 4 is 51.8 Å². The van der Waals surface area contributed by atoms with Gasteiger partial charge >= 0.3 is 0 Å². The number of nitrogens with one attached hydrogen (secondary N) is 2. The molecular weight excluding hydrogens is 432 g/mol. The van der Waals surface area contributed by atoms with Crippen molar-refractivity contribution in [2.45, 2.75) is 33.9 Å². The molecule has 0 spiro atoms. The average molecular weight is 461 g/mol. The number of amides is 2. The Balaban J connectivity index is 1.80. The summed E-state index contributed by atoms with van der Waals surface area (Å²) in [6.07, 6.45) is 4.37. The van der Waals surface area contributed by atoms with E-state index in [-0.39, 0.29) is 16.9 Å². The van der Waals surface area contributed by atoms with Gasteiger partial charge in [-0.25, -0.2) is 0 Å². The maximum absolute atomic E-state index is 13.4. The molecule has 2 amide bonds. The number of carbonyl (C=O) groups is 2. The maximum Gasteiger partial charge on any atom is 0.245 e. The third kappa shape index (κ3) is 6.23. The smallest absolute Gasteiger partial charge is 0.245 e. The van der Waals surface area contributed by atoms with Crippen LogP contribution in [0.2, 0.25) is 0 Å². The molecule has 0 aliphatic heterocycles. The van der Waals surface area contributed by atoms with Crippen LogP contribution in [0.3, 0.4) is 0 Å². The average Bonchev–Trinajstić information content (AvgIpc) is 2.78. The maximum atomic E-state index is 13.4. The van der Waals surface area contributed by atoms with Gasteiger partial charge in [-0.2, -0.15) is 0 Å². The van der Waals surface area contributed by atoms with Crippen molar-refractivity contribution in [3.05, 3.63) is 78.5 Å². The zero-order chi connectivity index (χ0) is 24.0. The molecule has 0 aliphatic carbocycles. The third-order valence-corrected chi connectivity index (χ3v) is 5.13. The van der Waals surface area contributed by atoms with E-state index in [0.717, 1.165) is 10.9 Å². The Morgan fingerprint density at radius 3 is 2.39 bits per heavy atom. The Kier molecular flexibility index (Phi) is 7.55. The minimum absolute atomic E-state index is 0.180. The van der Waals surface area contributed by atoms with E-state index in [2.05, 4.69) is 15.6 Å². The van der Waals surface area contributed by atoms with Gasteiger partial charge in [-0.3, -0.25) is 19.5 Å². The van der Waals surface area contributed by atoms with Gasteiger partial charge in [0.1, 0.15) is 0 Å². The predicted molar refractivity (Wildman–Crippen MR) is 137 cm³/mol. The Hall–Kier alpha value is -3.58. The van der Waals surface area contributed by atoms with Crippen LogP contribution in [-0.2, 0) is 9.59 Å². The van der Waals surface area contributed by atoms with Crippen molar-refractivity contribution in [3.8, 4) is 0 Å². The number of hydrogen-bond donors (Lipinski definition) is 2. The van der Waals surface area contributed by atoms with E-state index in [9.17, 15) is 9.59 Å². The summed E-state index contributed by atoms with van der Waals surface area (Å²) in [5.41, 5.74) is 1.50. The van der Waals surface area contributed by atoms with Crippen LogP contribution in [0.25, 0.3) is 17.0 Å². The lowest BCUT2D eigenvalue weighted by atomic mass is 9.94. The predicted octanol–water partition coefficient (Wildman–Crippen LogP) is 4.66. The molecule has 1 atom stereocenters. The molecule has 170 valence electrons. The van der Waals surface area contributed by atoms with Gasteiger partial charge in [0.15, 0.2) is 5.11 Å². The van der Waals surface area contributed by atoms with Crippen molar-refractivity contribution in [2.24, 2.45) is 5.41 Å². The number of para-hydroxylation sites is 1. The summed E-state index contributed by atoms with van der Waals surface area (Å²) in [7, 11) is 0. The minimum Gasteiger partial charge on any atom is -0.342 e. The topological polar surface area (TPSA) is 74.3 Å². The summed E-state index contributed by atoms with van der Waals surface area (Å²) in [6.45, 7) is 7.27. The molecule has 3 rings (SSSR count). The normalized spacial score (nSPS) is 12.4. The van der Waals surface area contributed by atoms with Crippen molar-refractivity contribution in [2.75, 3.05) is 4.90 Å². The number of nitrogens with zero attached hydrogens (tertiary/aromatic N) is 2. The summed E-state index contributed by atoms with van der Waals surface area (Å²) in [5, 5.41) is 6.98. The summed E-state index contributed by atoms with van der Waals surface area (Å²) in [6, 6.07) is 19.0. The lowest BCUT2D eigenvalue weighted by molar-refractivity contribution is -0.124. The van der Waals surface area contributed by atoms with Gasteiger partial charge < -0.3 is 10.6 Å². The Morgan fingerprint density at radius 1 is 1.00 bits per heavy atom. The fraction of sp³-hybridized carbons (Fsp3) is 0.231. The second-order valence-electron chi connectivity index (χ2n) is 8.67. The van der Waals surface area contributed by atoms with E-state index in [1.807, 2.05) is 81.4 Å². The van der Waals surface area contributed by atoms with E-state index < -0.39 is 11.6 Å². The molecule has 0 radical (unpaired) electrons. The van der Waals surface area contributed by atoms with Crippen LogP contribution in [0.4, 0.5) is 5.69 Å². The number of carbonyl (C=O) groups excluding carboxylic acids is 2. The zero-order valence-electron chi connectivity index (χ0n) is 19.2. The van der Waals surface area contributed by atoms with Gasteiger partial charge in [0, 0.05) is 23.1 Å². The molecule has 1 heterocycles. The van der Waals surface area contributed by atoms with Crippen LogP contribution >= 0.6 is 12.2 Å². The van der Waals surface area contributed by atoms with Crippen molar-refractivity contribution in [1.29, 1.82) is 0 Å². The highest BCUT2D eigenvalue weighted by atomic mass is 32.1. The second kappa shape index (κ2) is 10.4. The van der Waals surface area contributed by atoms with Crippen LogP contribution in [0.15, 0.2) is 72.9 Å². The van der Waals surface area contributed by atoms with Crippen molar-refractivity contribution in [3.63, 3.8) is 0 Å². The molecule has 0 fully saturated rings. The lowest BCUT2D eigenvalue weighted by Crippen LogP contribution is -2.54. The van der Waals surface area contributed by atoms with Crippen LogP contribution < -0.4 is 15.5 Å². The molecule has 7 heteroatoms. The van der Waals surface area contributed by atoms with Gasteiger partial charge in [-0.05, 0) is 42.9 Å². The van der Waals surface area contributed by atoms with Crippen LogP contribution in [0.1, 0.15) is 33.3 Å². The third-order valence-electron chi connectivity index (χ3n) is 4.83. The largest absolute Gasteiger partial charge is 0.342 e. The number of fused-ring (bicyclic) bond motifs is 1. The van der Waals surface area contributed by atoms with E-state index in [4.69, 9.17) is 12.2 Å². The first-order chi connectivity index (χ1) is 15.7. The SMILES string of the molecule is CC(NC(=O)/C=C/c1ccccc1)NC(=S)N(C(=O)C(C)(C)C)c1cccc2cccnc12. The number of hydrogen-bond acceptors (Lipinski definition) is 4. The van der Waals surface area contributed by atoms with Crippen molar-refractivity contribution in [1.82, 2.24) is 15.6 Å². The highest BCUT2D eigenvalue weighted by Crippen LogP contribution is 2.29. The summed E-state index contributed by atoms with van der Waals surface area (Å²) in [5.74, 6) is -0.456. The van der Waals surface area contributed by atoms with Gasteiger partial charge in [0.05, 0.1) is 17.4 Å². The molecule has 1 aromatic heterocycles. The Labute approximate surface area is 199 Å². The zero-order valence-corrected chi connectivity index (χ0v) is 20.0. The molecule has 0 bridgehead atoms. The molecule has 6 nitrogen and oxygen atoms in total. The van der Waals surface area contributed by atoms with E-state index in [1.165, 1.54) is 11.0 Å². The van der Waals surface area contributed by atoms with Gasteiger partial charge in [0.25, 0.3) is 0 Å². The van der Waals surface area contributed by atoms with E-state index in [1.54, 1.807) is 19.2 Å². The number of rotatable bonds is 5. The highest BCUT2D eigenvalue weighted by molar-refractivity contribution is 7.80. The fourth-order valence-corrected chi connectivity index (χ4v) is 3.56. The highest BCUT2D eigenvalue weighted by Gasteiger charge is 2.32. The molecule has 0 saturated carbocycles. The molecule has 2 N–H and O–H groups in total.